The molecular formula is C15H20N2O3. The molecule has 0 saturated carbocycles. The van der Waals surface area contributed by atoms with E-state index in [2.05, 4.69) is 34.9 Å². The summed E-state index contributed by atoms with van der Waals surface area (Å²) in [5.41, 5.74) is 2.82. The smallest absolute Gasteiger partial charge is 0.314 e. The molecule has 0 radical (unpaired) electrons. The largest absolute Gasteiger partial charge is 0.481 e. The Kier molecular flexibility index (Phi) is 4.98. The normalized spacial score (nSPS) is 16.5. The summed E-state index contributed by atoms with van der Waals surface area (Å²) < 4.78 is 0. The van der Waals surface area contributed by atoms with E-state index in [0.717, 1.165) is 19.3 Å². The molecule has 0 bridgehead atoms. The molecule has 5 heteroatoms. The van der Waals surface area contributed by atoms with Gasteiger partial charge in [0.05, 0.1) is 6.42 Å². The minimum atomic E-state index is -0.909. The Morgan fingerprint density at radius 2 is 1.95 bits per heavy atom. The fourth-order valence-electron chi connectivity index (χ4n) is 2.65. The highest BCUT2D eigenvalue weighted by Gasteiger charge is 2.21. The number of hydrogen-bond donors (Lipinski definition) is 3. The van der Waals surface area contributed by atoms with Crippen molar-refractivity contribution in [3.63, 3.8) is 0 Å². The Hall–Kier alpha value is -2.04. The molecule has 1 aliphatic rings. The number of hydrogen-bond acceptors (Lipinski definition) is 2. The van der Waals surface area contributed by atoms with E-state index in [0.29, 0.717) is 12.5 Å². The SMILES string of the molecule is O=C(O)CCNC(=O)NCCC1CCc2ccccc21. The van der Waals surface area contributed by atoms with E-state index in [-0.39, 0.29) is 19.0 Å². The van der Waals surface area contributed by atoms with Crippen molar-refractivity contribution in [2.75, 3.05) is 13.1 Å². The average Bonchev–Trinajstić information content (AvgIpc) is 2.82. The summed E-state index contributed by atoms with van der Waals surface area (Å²) in [5, 5.41) is 13.8. The molecule has 0 spiro atoms. The van der Waals surface area contributed by atoms with E-state index in [4.69, 9.17) is 5.11 Å². The number of nitrogens with one attached hydrogen (secondary N) is 2. The highest BCUT2D eigenvalue weighted by Crippen LogP contribution is 2.34. The molecule has 0 aromatic heterocycles. The lowest BCUT2D eigenvalue weighted by atomic mass is 9.98. The molecule has 1 unspecified atom stereocenters. The molecule has 1 aromatic rings. The second-order valence-corrected chi connectivity index (χ2v) is 5.05. The van der Waals surface area contributed by atoms with Crippen LogP contribution >= 0.6 is 0 Å². The summed E-state index contributed by atoms with van der Waals surface area (Å²) in [6, 6.07) is 8.16. The van der Waals surface area contributed by atoms with Crippen LogP contribution in [0, 0.1) is 0 Å². The van der Waals surface area contributed by atoms with Crippen LogP contribution in [-0.4, -0.2) is 30.2 Å². The number of urea groups is 1. The van der Waals surface area contributed by atoms with Gasteiger partial charge in [-0.1, -0.05) is 24.3 Å². The molecule has 2 rings (SSSR count). The first-order valence-electron chi connectivity index (χ1n) is 6.98. The van der Waals surface area contributed by atoms with Gasteiger partial charge in [-0.3, -0.25) is 4.79 Å². The number of amides is 2. The second-order valence-electron chi connectivity index (χ2n) is 5.05. The molecule has 20 heavy (non-hydrogen) atoms. The van der Waals surface area contributed by atoms with Gasteiger partial charge in [0, 0.05) is 13.1 Å². The topological polar surface area (TPSA) is 78.4 Å². The van der Waals surface area contributed by atoms with Crippen LogP contribution < -0.4 is 10.6 Å². The minimum absolute atomic E-state index is 0.0522. The van der Waals surface area contributed by atoms with E-state index in [1.807, 2.05) is 0 Å². The molecule has 1 aromatic carbocycles. The third kappa shape index (κ3) is 3.98. The first kappa shape index (κ1) is 14.4. The van der Waals surface area contributed by atoms with Crippen LogP contribution in [0.2, 0.25) is 0 Å². The van der Waals surface area contributed by atoms with Crippen molar-refractivity contribution in [1.82, 2.24) is 10.6 Å². The quantitative estimate of drug-likeness (QED) is 0.742. The van der Waals surface area contributed by atoms with Crippen LogP contribution in [0.3, 0.4) is 0 Å². The zero-order valence-corrected chi connectivity index (χ0v) is 11.4. The van der Waals surface area contributed by atoms with Crippen molar-refractivity contribution in [3.8, 4) is 0 Å². The maximum absolute atomic E-state index is 11.4. The van der Waals surface area contributed by atoms with Gasteiger partial charge >= 0.3 is 12.0 Å². The van der Waals surface area contributed by atoms with E-state index in [1.165, 1.54) is 11.1 Å². The van der Waals surface area contributed by atoms with Gasteiger partial charge in [0.1, 0.15) is 0 Å². The fraction of sp³-hybridized carbons (Fsp3) is 0.467. The zero-order chi connectivity index (χ0) is 14.4. The van der Waals surface area contributed by atoms with Crippen molar-refractivity contribution in [2.45, 2.75) is 31.6 Å². The summed E-state index contributed by atoms with van der Waals surface area (Å²) in [7, 11) is 0. The van der Waals surface area contributed by atoms with Crippen LogP contribution in [0.25, 0.3) is 0 Å². The van der Waals surface area contributed by atoms with Gasteiger partial charge in [-0.05, 0) is 36.3 Å². The Balaban J connectivity index is 1.67. The van der Waals surface area contributed by atoms with E-state index in [9.17, 15) is 9.59 Å². The van der Waals surface area contributed by atoms with Gasteiger partial charge in [0.25, 0.3) is 0 Å². The maximum Gasteiger partial charge on any atom is 0.314 e. The van der Waals surface area contributed by atoms with Crippen LogP contribution in [0.15, 0.2) is 24.3 Å². The zero-order valence-electron chi connectivity index (χ0n) is 11.4. The first-order chi connectivity index (χ1) is 9.66. The van der Waals surface area contributed by atoms with Crippen LogP contribution in [0.5, 0.6) is 0 Å². The monoisotopic (exact) mass is 276 g/mol. The van der Waals surface area contributed by atoms with Crippen molar-refractivity contribution >= 4 is 12.0 Å². The highest BCUT2D eigenvalue weighted by molar-refractivity contribution is 5.74. The number of carboxylic acids is 1. The van der Waals surface area contributed by atoms with Crippen LogP contribution in [-0.2, 0) is 11.2 Å². The molecule has 0 heterocycles. The molecule has 0 saturated heterocycles. The van der Waals surface area contributed by atoms with Crippen LogP contribution in [0.4, 0.5) is 4.79 Å². The summed E-state index contributed by atoms with van der Waals surface area (Å²) in [4.78, 5) is 21.7. The number of rotatable bonds is 6. The molecule has 2 amide bonds. The third-order valence-electron chi connectivity index (χ3n) is 3.66. The van der Waals surface area contributed by atoms with E-state index >= 15 is 0 Å². The fourth-order valence-corrected chi connectivity index (χ4v) is 2.65. The molecular weight excluding hydrogens is 256 g/mol. The lowest BCUT2D eigenvalue weighted by Gasteiger charge is -2.12. The van der Waals surface area contributed by atoms with Gasteiger partial charge in [-0.25, -0.2) is 4.79 Å². The second kappa shape index (κ2) is 6.93. The molecule has 1 aliphatic carbocycles. The number of aliphatic carboxylic acids is 1. The number of benzene rings is 1. The summed E-state index contributed by atoms with van der Waals surface area (Å²) in [6.45, 7) is 0.769. The van der Waals surface area contributed by atoms with Crippen molar-refractivity contribution in [3.05, 3.63) is 35.4 Å². The van der Waals surface area contributed by atoms with Gasteiger partial charge in [0.2, 0.25) is 0 Å². The van der Waals surface area contributed by atoms with Gasteiger partial charge in [-0.15, -0.1) is 0 Å². The summed E-state index contributed by atoms with van der Waals surface area (Å²) in [5.74, 6) is -0.390. The van der Waals surface area contributed by atoms with Crippen molar-refractivity contribution < 1.29 is 14.7 Å². The van der Waals surface area contributed by atoms with Gasteiger partial charge < -0.3 is 15.7 Å². The first-order valence-corrected chi connectivity index (χ1v) is 6.98. The average molecular weight is 276 g/mol. The van der Waals surface area contributed by atoms with E-state index < -0.39 is 5.97 Å². The Morgan fingerprint density at radius 3 is 2.75 bits per heavy atom. The Labute approximate surface area is 118 Å². The predicted molar refractivity (Wildman–Crippen MR) is 75.8 cm³/mol. The number of fused-ring (bicyclic) bond motifs is 1. The molecule has 3 N–H and O–H groups in total. The predicted octanol–water partition coefficient (Wildman–Crippen LogP) is 1.88. The molecule has 5 nitrogen and oxygen atoms in total. The number of carbonyl (C=O) groups is 2. The molecule has 0 fully saturated rings. The number of carbonyl (C=O) groups excluding carboxylic acids is 1. The molecule has 108 valence electrons. The summed E-state index contributed by atoms with van der Waals surface area (Å²) in [6.07, 6.45) is 3.13. The maximum atomic E-state index is 11.4. The van der Waals surface area contributed by atoms with Gasteiger partial charge in [-0.2, -0.15) is 0 Å². The van der Waals surface area contributed by atoms with Crippen molar-refractivity contribution in [2.24, 2.45) is 0 Å². The minimum Gasteiger partial charge on any atom is -0.481 e. The highest BCUT2D eigenvalue weighted by atomic mass is 16.4. The molecule has 1 atom stereocenters. The van der Waals surface area contributed by atoms with Crippen LogP contribution in [0.1, 0.15) is 36.3 Å². The van der Waals surface area contributed by atoms with E-state index in [1.54, 1.807) is 0 Å². The Bertz CT molecular complexity index is 488. The van der Waals surface area contributed by atoms with Crippen molar-refractivity contribution in [1.29, 1.82) is 0 Å². The van der Waals surface area contributed by atoms with Gasteiger partial charge in [0.15, 0.2) is 0 Å². The number of aryl methyl sites for hydroxylation is 1. The number of carboxylic acid groups (broad SMARTS) is 1. The standard InChI is InChI=1S/C15H20N2O3/c18-14(19)8-10-17-15(20)16-9-7-12-6-5-11-3-1-2-4-13(11)12/h1-4,12H,5-10H2,(H,18,19)(H2,16,17,20). The summed E-state index contributed by atoms with van der Waals surface area (Å²) >= 11 is 0. The lowest BCUT2D eigenvalue weighted by Crippen LogP contribution is -2.37. The Morgan fingerprint density at radius 1 is 1.20 bits per heavy atom. The molecule has 0 aliphatic heterocycles. The third-order valence-corrected chi connectivity index (χ3v) is 3.66. The lowest BCUT2D eigenvalue weighted by molar-refractivity contribution is -0.136.